The lowest BCUT2D eigenvalue weighted by molar-refractivity contribution is -0.138. The molecular weight excluding hydrogens is 333 g/mol. The summed E-state index contributed by atoms with van der Waals surface area (Å²) in [5.41, 5.74) is 0.245. The van der Waals surface area contributed by atoms with E-state index in [2.05, 4.69) is 15.4 Å². The van der Waals surface area contributed by atoms with E-state index in [-0.39, 0.29) is 24.4 Å². The Morgan fingerprint density at radius 3 is 2.96 bits per heavy atom. The largest absolute Gasteiger partial charge is 0.418 e. The van der Waals surface area contributed by atoms with Crippen molar-refractivity contribution in [3.05, 3.63) is 47.5 Å². The van der Waals surface area contributed by atoms with Crippen molar-refractivity contribution in [1.29, 1.82) is 0 Å². The maximum absolute atomic E-state index is 13.1. The molecule has 8 heteroatoms. The van der Waals surface area contributed by atoms with Crippen LogP contribution >= 0.6 is 0 Å². The van der Waals surface area contributed by atoms with Gasteiger partial charge < -0.3 is 10.1 Å². The lowest BCUT2D eigenvalue weighted by atomic mass is 9.98. The van der Waals surface area contributed by atoms with Gasteiger partial charge in [0.2, 0.25) is 0 Å². The zero-order valence-corrected chi connectivity index (χ0v) is 14.0. The molecule has 2 aromatic rings. The van der Waals surface area contributed by atoms with Gasteiger partial charge >= 0.3 is 6.18 Å². The zero-order chi connectivity index (χ0) is 17.9. The summed E-state index contributed by atoms with van der Waals surface area (Å²) >= 11 is 0. The average Bonchev–Trinajstić information content (AvgIpc) is 3.09. The van der Waals surface area contributed by atoms with Gasteiger partial charge in [0.1, 0.15) is 6.10 Å². The summed E-state index contributed by atoms with van der Waals surface area (Å²) < 4.78 is 47.0. The highest BCUT2D eigenvalue weighted by Crippen LogP contribution is 2.32. The van der Waals surface area contributed by atoms with Crippen LogP contribution in [0.2, 0.25) is 0 Å². The van der Waals surface area contributed by atoms with Gasteiger partial charge in [0.05, 0.1) is 17.5 Å². The van der Waals surface area contributed by atoms with Crippen LogP contribution in [0.5, 0.6) is 0 Å². The van der Waals surface area contributed by atoms with Crippen LogP contribution in [-0.4, -0.2) is 27.4 Å². The van der Waals surface area contributed by atoms with E-state index >= 15 is 0 Å². The van der Waals surface area contributed by atoms with Crippen LogP contribution in [-0.2, 0) is 24.0 Å². The van der Waals surface area contributed by atoms with Gasteiger partial charge in [-0.2, -0.15) is 18.3 Å². The van der Waals surface area contributed by atoms with Crippen LogP contribution in [0.15, 0.2) is 30.7 Å². The fourth-order valence-electron chi connectivity index (χ4n) is 3.08. The predicted octanol–water partition coefficient (Wildman–Crippen LogP) is 3.33. The molecule has 0 unspecified atom stereocenters. The number of hydrogen-bond donors (Lipinski definition) is 1. The van der Waals surface area contributed by atoms with Crippen molar-refractivity contribution in [2.45, 2.75) is 51.2 Å². The summed E-state index contributed by atoms with van der Waals surface area (Å²) in [6, 6.07) is 2.29. The third-order valence-corrected chi connectivity index (χ3v) is 4.36. The molecule has 136 valence electrons. The van der Waals surface area contributed by atoms with Gasteiger partial charge in [0.25, 0.3) is 0 Å². The molecule has 3 heterocycles. The van der Waals surface area contributed by atoms with Crippen molar-refractivity contribution >= 4 is 0 Å². The first-order valence-corrected chi connectivity index (χ1v) is 8.37. The van der Waals surface area contributed by atoms with Crippen LogP contribution in [0.1, 0.15) is 42.7 Å². The summed E-state index contributed by atoms with van der Waals surface area (Å²) in [4.78, 5) is 3.90. The van der Waals surface area contributed by atoms with E-state index in [1.54, 1.807) is 6.20 Å². The van der Waals surface area contributed by atoms with Crippen molar-refractivity contribution in [3.63, 3.8) is 0 Å². The Hall–Kier alpha value is -1.93. The highest BCUT2D eigenvalue weighted by Gasteiger charge is 2.34. The maximum atomic E-state index is 13.1. The molecule has 1 aliphatic rings. The Balaban J connectivity index is 1.73. The number of alkyl halides is 3. The number of rotatable bonds is 5. The third-order valence-electron chi connectivity index (χ3n) is 4.36. The number of ether oxygens (including phenoxy) is 1. The van der Waals surface area contributed by atoms with Gasteiger partial charge in [0.15, 0.2) is 0 Å². The Morgan fingerprint density at radius 2 is 2.24 bits per heavy atom. The van der Waals surface area contributed by atoms with Gasteiger partial charge in [-0.05, 0) is 31.9 Å². The SMILES string of the molecule is CCn1cc([C@H]2OCCC[C@@H]2NCc2ncccc2C(F)(F)F)cn1. The highest BCUT2D eigenvalue weighted by molar-refractivity contribution is 5.23. The Bertz CT molecular complexity index is 701. The van der Waals surface area contributed by atoms with E-state index < -0.39 is 11.7 Å². The van der Waals surface area contributed by atoms with Gasteiger partial charge in [0, 0.05) is 43.7 Å². The van der Waals surface area contributed by atoms with E-state index in [1.807, 2.05) is 17.8 Å². The van der Waals surface area contributed by atoms with E-state index in [9.17, 15) is 13.2 Å². The van der Waals surface area contributed by atoms with Crippen molar-refractivity contribution in [2.75, 3.05) is 6.61 Å². The van der Waals surface area contributed by atoms with E-state index in [1.165, 1.54) is 12.3 Å². The average molecular weight is 354 g/mol. The molecule has 25 heavy (non-hydrogen) atoms. The van der Waals surface area contributed by atoms with Crippen molar-refractivity contribution < 1.29 is 17.9 Å². The molecule has 0 saturated carbocycles. The second-order valence-corrected chi connectivity index (χ2v) is 6.05. The lowest BCUT2D eigenvalue weighted by Gasteiger charge is -2.32. The molecule has 1 fully saturated rings. The van der Waals surface area contributed by atoms with Crippen molar-refractivity contribution in [2.24, 2.45) is 0 Å². The topological polar surface area (TPSA) is 52.0 Å². The number of aromatic nitrogens is 3. The molecule has 0 spiro atoms. The molecule has 0 aromatic carbocycles. The predicted molar refractivity (Wildman–Crippen MR) is 85.7 cm³/mol. The number of aryl methyl sites for hydroxylation is 1. The first kappa shape index (κ1) is 17.9. The van der Waals surface area contributed by atoms with Crippen LogP contribution in [0.4, 0.5) is 13.2 Å². The molecule has 1 aliphatic heterocycles. The summed E-state index contributed by atoms with van der Waals surface area (Å²) in [5.74, 6) is 0. The van der Waals surface area contributed by atoms with Gasteiger partial charge in [-0.3, -0.25) is 9.67 Å². The number of hydrogen-bond acceptors (Lipinski definition) is 4. The van der Waals surface area contributed by atoms with E-state index in [0.29, 0.717) is 6.61 Å². The monoisotopic (exact) mass is 354 g/mol. The third kappa shape index (κ3) is 4.19. The molecule has 3 rings (SSSR count). The first-order chi connectivity index (χ1) is 12.0. The standard InChI is InChI=1S/C17H21F3N4O/c1-2-24-11-12(9-23-24)16-14(6-4-8-25-16)22-10-15-13(17(18,19)20)5-3-7-21-15/h3,5,7,9,11,14,16,22H,2,4,6,8,10H2,1H3/t14-,16+/m0/s1. The number of pyridine rings is 1. The van der Waals surface area contributed by atoms with Crippen LogP contribution in [0.25, 0.3) is 0 Å². The molecule has 0 amide bonds. The molecule has 1 N–H and O–H groups in total. The summed E-state index contributed by atoms with van der Waals surface area (Å²) in [7, 11) is 0. The lowest BCUT2D eigenvalue weighted by Crippen LogP contribution is -2.39. The maximum Gasteiger partial charge on any atom is 0.418 e. The molecular formula is C17H21F3N4O. The Kier molecular flexibility index (Phi) is 5.39. The van der Waals surface area contributed by atoms with Gasteiger partial charge in [-0.15, -0.1) is 0 Å². The minimum Gasteiger partial charge on any atom is -0.372 e. The number of nitrogens with one attached hydrogen (secondary N) is 1. The zero-order valence-electron chi connectivity index (χ0n) is 14.0. The molecule has 5 nitrogen and oxygen atoms in total. The number of nitrogens with zero attached hydrogens (tertiary/aromatic N) is 3. The fraction of sp³-hybridized carbons (Fsp3) is 0.529. The minimum atomic E-state index is -4.41. The molecule has 0 aliphatic carbocycles. The van der Waals surface area contributed by atoms with Crippen molar-refractivity contribution in [3.8, 4) is 0 Å². The summed E-state index contributed by atoms with van der Waals surface area (Å²) in [5, 5.41) is 7.46. The molecule has 2 atom stereocenters. The second kappa shape index (κ2) is 7.53. The smallest absolute Gasteiger partial charge is 0.372 e. The van der Waals surface area contributed by atoms with Crippen LogP contribution in [0, 0.1) is 0 Å². The van der Waals surface area contributed by atoms with Gasteiger partial charge in [-0.25, -0.2) is 0 Å². The quantitative estimate of drug-likeness (QED) is 0.895. The second-order valence-electron chi connectivity index (χ2n) is 6.05. The Morgan fingerprint density at radius 1 is 1.40 bits per heavy atom. The summed E-state index contributed by atoms with van der Waals surface area (Å²) in [6.45, 7) is 3.43. The minimum absolute atomic E-state index is 0.00331. The molecule has 1 saturated heterocycles. The highest BCUT2D eigenvalue weighted by atomic mass is 19.4. The van der Waals surface area contributed by atoms with E-state index in [4.69, 9.17) is 4.74 Å². The first-order valence-electron chi connectivity index (χ1n) is 8.37. The molecule has 2 aromatic heterocycles. The number of halogens is 3. The fourth-order valence-corrected chi connectivity index (χ4v) is 3.08. The van der Waals surface area contributed by atoms with Crippen molar-refractivity contribution in [1.82, 2.24) is 20.1 Å². The summed E-state index contributed by atoms with van der Waals surface area (Å²) in [6.07, 6.45) is 2.14. The van der Waals surface area contributed by atoms with Crippen LogP contribution < -0.4 is 5.32 Å². The normalized spacial score (nSPS) is 21.4. The molecule has 0 radical (unpaired) electrons. The van der Waals surface area contributed by atoms with E-state index in [0.717, 1.165) is 31.0 Å². The Labute approximate surface area is 144 Å². The molecule has 0 bridgehead atoms. The van der Waals surface area contributed by atoms with Gasteiger partial charge in [-0.1, -0.05) is 0 Å². The van der Waals surface area contributed by atoms with Crippen LogP contribution in [0.3, 0.4) is 0 Å².